The molecule has 2 rings (SSSR count). The minimum atomic E-state index is -0.317. The van der Waals surface area contributed by atoms with E-state index in [1.54, 1.807) is 0 Å². The van der Waals surface area contributed by atoms with Crippen molar-refractivity contribution in [3.05, 3.63) is 24.3 Å². The molecular weight excluding hydrogens is 264 g/mol. The van der Waals surface area contributed by atoms with E-state index in [1.165, 1.54) is 12.8 Å². The van der Waals surface area contributed by atoms with Crippen molar-refractivity contribution >= 4 is 5.69 Å². The van der Waals surface area contributed by atoms with E-state index in [-0.39, 0.29) is 12.1 Å². The van der Waals surface area contributed by atoms with Crippen LogP contribution in [0.15, 0.2) is 24.3 Å². The Kier molecular flexibility index (Phi) is 5.12. The van der Waals surface area contributed by atoms with Crippen molar-refractivity contribution in [1.29, 1.82) is 0 Å². The summed E-state index contributed by atoms with van der Waals surface area (Å²) in [5.74, 6) is 1.37. The number of nitrogens with zero attached hydrogens (tertiary/aromatic N) is 1. The third kappa shape index (κ3) is 4.11. The number of nitrogens with one attached hydrogen (secondary N) is 1. The zero-order chi connectivity index (χ0) is 15.5. The Morgan fingerprint density at radius 2 is 2.10 bits per heavy atom. The van der Waals surface area contributed by atoms with Crippen LogP contribution in [0.4, 0.5) is 5.69 Å². The lowest BCUT2D eigenvalue weighted by atomic mass is 9.94. The van der Waals surface area contributed by atoms with Crippen molar-refractivity contribution < 1.29 is 9.84 Å². The predicted octanol–water partition coefficient (Wildman–Crippen LogP) is 2.27. The van der Waals surface area contributed by atoms with Gasteiger partial charge in [0.2, 0.25) is 0 Å². The van der Waals surface area contributed by atoms with Crippen LogP contribution in [0.1, 0.15) is 26.7 Å². The first-order valence-corrected chi connectivity index (χ1v) is 7.75. The standard InChI is InChI=1S/C17H28N2O2/c1-13(2)18-17(11-20,14-8-9-14)12-21-16-7-5-6-15(10-16)19(3)4/h5-7,10,13-14,18,20H,8-9,11-12H2,1-4H3. The molecule has 1 aromatic carbocycles. The fourth-order valence-electron chi connectivity index (χ4n) is 2.77. The Hall–Kier alpha value is -1.26. The molecule has 0 bridgehead atoms. The van der Waals surface area contributed by atoms with E-state index in [1.807, 2.05) is 32.3 Å². The van der Waals surface area contributed by atoms with Crippen LogP contribution in [-0.4, -0.2) is 44.0 Å². The molecule has 0 saturated heterocycles. The van der Waals surface area contributed by atoms with E-state index in [0.717, 1.165) is 11.4 Å². The van der Waals surface area contributed by atoms with E-state index in [0.29, 0.717) is 18.6 Å². The van der Waals surface area contributed by atoms with Gasteiger partial charge in [-0.3, -0.25) is 0 Å². The molecule has 1 aliphatic rings. The van der Waals surface area contributed by atoms with Gasteiger partial charge in [-0.1, -0.05) is 19.9 Å². The number of aliphatic hydroxyl groups is 1. The van der Waals surface area contributed by atoms with Gasteiger partial charge in [-0.2, -0.15) is 0 Å². The average molecular weight is 292 g/mol. The fourth-order valence-corrected chi connectivity index (χ4v) is 2.77. The molecule has 0 aromatic heterocycles. The van der Waals surface area contributed by atoms with Crippen molar-refractivity contribution in [2.75, 3.05) is 32.2 Å². The van der Waals surface area contributed by atoms with Crippen molar-refractivity contribution in [3.63, 3.8) is 0 Å². The molecule has 0 amide bonds. The summed E-state index contributed by atoms with van der Waals surface area (Å²) in [6.07, 6.45) is 2.34. The molecule has 1 fully saturated rings. The molecule has 1 aromatic rings. The van der Waals surface area contributed by atoms with Crippen LogP contribution in [0.2, 0.25) is 0 Å². The lowest BCUT2D eigenvalue weighted by molar-refractivity contribution is 0.0779. The first-order chi connectivity index (χ1) is 9.97. The molecular formula is C17H28N2O2. The molecule has 1 saturated carbocycles. The molecule has 0 spiro atoms. The first-order valence-electron chi connectivity index (χ1n) is 7.75. The zero-order valence-corrected chi connectivity index (χ0v) is 13.6. The quantitative estimate of drug-likeness (QED) is 0.771. The maximum atomic E-state index is 9.91. The average Bonchev–Trinajstić information content (AvgIpc) is 3.28. The van der Waals surface area contributed by atoms with Gasteiger partial charge in [0.15, 0.2) is 0 Å². The van der Waals surface area contributed by atoms with E-state index in [9.17, 15) is 5.11 Å². The number of rotatable bonds is 8. The third-order valence-electron chi connectivity index (χ3n) is 4.05. The Balaban J connectivity index is 2.06. The largest absolute Gasteiger partial charge is 0.491 e. The Bertz CT molecular complexity index is 458. The molecule has 0 radical (unpaired) electrons. The van der Waals surface area contributed by atoms with Crippen LogP contribution < -0.4 is 15.0 Å². The summed E-state index contributed by atoms with van der Waals surface area (Å²) in [4.78, 5) is 2.05. The summed E-state index contributed by atoms with van der Waals surface area (Å²) in [7, 11) is 4.03. The van der Waals surface area contributed by atoms with Crippen molar-refractivity contribution in [1.82, 2.24) is 5.32 Å². The Morgan fingerprint density at radius 3 is 2.62 bits per heavy atom. The molecule has 0 aliphatic heterocycles. The van der Waals surface area contributed by atoms with Crippen LogP contribution in [-0.2, 0) is 0 Å². The van der Waals surface area contributed by atoms with Crippen molar-refractivity contribution in [2.45, 2.75) is 38.3 Å². The van der Waals surface area contributed by atoms with E-state index in [4.69, 9.17) is 4.74 Å². The van der Waals surface area contributed by atoms with Gasteiger partial charge in [-0.25, -0.2) is 0 Å². The zero-order valence-electron chi connectivity index (χ0n) is 13.6. The van der Waals surface area contributed by atoms with E-state index < -0.39 is 0 Å². The second-order valence-corrected chi connectivity index (χ2v) is 6.57. The maximum Gasteiger partial charge on any atom is 0.121 e. The number of anilines is 1. The molecule has 4 nitrogen and oxygen atoms in total. The normalized spacial score (nSPS) is 17.6. The number of hydrogen-bond acceptors (Lipinski definition) is 4. The molecule has 118 valence electrons. The summed E-state index contributed by atoms with van der Waals surface area (Å²) in [6.45, 7) is 4.84. The maximum absolute atomic E-state index is 9.91. The molecule has 0 heterocycles. The van der Waals surface area contributed by atoms with Gasteiger partial charge in [0.25, 0.3) is 0 Å². The molecule has 1 aliphatic carbocycles. The third-order valence-corrected chi connectivity index (χ3v) is 4.05. The number of benzene rings is 1. The highest BCUT2D eigenvalue weighted by molar-refractivity contribution is 5.49. The number of ether oxygens (including phenoxy) is 1. The molecule has 1 atom stereocenters. The topological polar surface area (TPSA) is 44.7 Å². The molecule has 2 N–H and O–H groups in total. The highest BCUT2D eigenvalue weighted by Crippen LogP contribution is 2.40. The van der Waals surface area contributed by atoms with Crippen LogP contribution in [0.5, 0.6) is 5.75 Å². The summed E-state index contributed by atoms with van der Waals surface area (Å²) in [5, 5.41) is 13.4. The summed E-state index contributed by atoms with van der Waals surface area (Å²) in [5.41, 5.74) is 0.799. The summed E-state index contributed by atoms with van der Waals surface area (Å²) in [6, 6.07) is 8.38. The lowest BCUT2D eigenvalue weighted by Gasteiger charge is -2.35. The Morgan fingerprint density at radius 1 is 1.38 bits per heavy atom. The smallest absolute Gasteiger partial charge is 0.121 e. The van der Waals surface area contributed by atoms with Gasteiger partial charge in [0, 0.05) is 31.9 Å². The second kappa shape index (κ2) is 6.67. The van der Waals surface area contributed by atoms with Gasteiger partial charge < -0.3 is 20.1 Å². The Labute approximate surface area is 128 Å². The minimum absolute atomic E-state index is 0.114. The van der Waals surface area contributed by atoms with Gasteiger partial charge in [0.1, 0.15) is 12.4 Å². The molecule has 21 heavy (non-hydrogen) atoms. The molecule has 1 unspecified atom stereocenters. The van der Waals surface area contributed by atoms with E-state index >= 15 is 0 Å². The molecule has 4 heteroatoms. The van der Waals surface area contributed by atoms with Crippen molar-refractivity contribution in [3.8, 4) is 5.75 Å². The van der Waals surface area contributed by atoms with E-state index in [2.05, 4.69) is 30.1 Å². The predicted molar refractivity (Wildman–Crippen MR) is 87.1 cm³/mol. The number of aliphatic hydroxyl groups excluding tert-OH is 1. The minimum Gasteiger partial charge on any atom is -0.491 e. The second-order valence-electron chi connectivity index (χ2n) is 6.57. The van der Waals surface area contributed by atoms with Crippen LogP contribution >= 0.6 is 0 Å². The number of hydrogen-bond donors (Lipinski definition) is 2. The van der Waals surface area contributed by atoms with Crippen LogP contribution in [0, 0.1) is 5.92 Å². The van der Waals surface area contributed by atoms with Gasteiger partial charge in [0.05, 0.1) is 12.1 Å². The van der Waals surface area contributed by atoms with Crippen LogP contribution in [0.3, 0.4) is 0 Å². The summed E-state index contributed by atoms with van der Waals surface area (Å²) < 4.78 is 6.01. The van der Waals surface area contributed by atoms with Crippen molar-refractivity contribution in [2.24, 2.45) is 5.92 Å². The monoisotopic (exact) mass is 292 g/mol. The van der Waals surface area contributed by atoms with Crippen LogP contribution in [0.25, 0.3) is 0 Å². The van der Waals surface area contributed by atoms with Gasteiger partial charge in [-0.15, -0.1) is 0 Å². The summed E-state index contributed by atoms with van der Waals surface area (Å²) >= 11 is 0. The van der Waals surface area contributed by atoms with Gasteiger partial charge >= 0.3 is 0 Å². The SMILES string of the molecule is CC(C)NC(CO)(COc1cccc(N(C)C)c1)C1CC1. The lowest BCUT2D eigenvalue weighted by Crippen LogP contribution is -2.57. The van der Waals surface area contributed by atoms with Gasteiger partial charge in [-0.05, 0) is 30.9 Å². The fraction of sp³-hybridized carbons (Fsp3) is 0.647. The highest BCUT2D eigenvalue weighted by Gasteiger charge is 2.45. The first kappa shape index (κ1) is 16.1. The highest BCUT2D eigenvalue weighted by atomic mass is 16.5.